The van der Waals surface area contributed by atoms with Crippen molar-refractivity contribution in [2.45, 2.75) is 97.8 Å². The Morgan fingerprint density at radius 2 is 0.913 bits per heavy atom. The highest BCUT2D eigenvalue weighted by Gasteiger charge is 2.51. The minimum absolute atomic E-state index is 0. The number of Topliss-reactive ketones (excluding diaryl/α,β-unsaturated/α-hetero) is 1. The number of nitrogen functional groups attached to an aromatic ring is 1. The number of nitrogens with zero attached hydrogens (tertiary/aromatic N) is 14. The number of hydrazone groups is 2. The van der Waals surface area contributed by atoms with Gasteiger partial charge in [-0.05, 0) is 84.4 Å². The van der Waals surface area contributed by atoms with Crippen molar-refractivity contribution >= 4 is 125 Å². The lowest BCUT2D eigenvalue weighted by Crippen LogP contribution is -2.46. The summed E-state index contributed by atoms with van der Waals surface area (Å²) in [5.41, 5.74) is 5.27. The molecular weight excluding hydrogens is 1830 g/mol. The number of carbonyl (C=O) groups is 5. The highest BCUT2D eigenvalue weighted by atomic mass is 79.9. The van der Waals surface area contributed by atoms with E-state index in [0.29, 0.717) is 172 Å². The van der Waals surface area contributed by atoms with Crippen LogP contribution in [0.15, 0.2) is 113 Å². The molecule has 10 aromatic rings. The van der Waals surface area contributed by atoms with Gasteiger partial charge in [-0.3, -0.25) is 37.6 Å². The zero-order valence-corrected chi connectivity index (χ0v) is 71.7. The number of rotatable bonds is 18. The van der Waals surface area contributed by atoms with Crippen LogP contribution in [0.4, 0.5) is 52.3 Å². The molecular formula is C76H79BrClF8N17O22S2. The maximum Gasteiger partial charge on any atom is 0.516 e. The van der Waals surface area contributed by atoms with E-state index in [-0.39, 0.29) is 110 Å². The molecule has 682 valence electrons. The predicted molar refractivity (Wildman–Crippen MR) is 439 cm³/mol. The van der Waals surface area contributed by atoms with Crippen LogP contribution < -0.4 is 74.2 Å². The normalized spacial score (nSPS) is 14.0. The smallest absolute Gasteiger partial charge is 0.477 e. The van der Waals surface area contributed by atoms with Crippen LogP contribution in [0.3, 0.4) is 0 Å². The Kier molecular flexibility index (Phi) is 31.5. The van der Waals surface area contributed by atoms with E-state index in [2.05, 4.69) is 61.1 Å². The van der Waals surface area contributed by atoms with Gasteiger partial charge in [-0.15, -0.1) is 12.4 Å². The van der Waals surface area contributed by atoms with Crippen molar-refractivity contribution in [2.24, 2.45) is 15.9 Å². The van der Waals surface area contributed by atoms with Crippen molar-refractivity contribution in [2.75, 3.05) is 89.1 Å². The van der Waals surface area contributed by atoms with Gasteiger partial charge in [0.25, 0.3) is 5.91 Å². The number of amides is 1. The van der Waals surface area contributed by atoms with Crippen LogP contribution >= 0.6 is 28.3 Å². The Morgan fingerprint density at radius 3 is 1.32 bits per heavy atom. The number of fused-ring (bicyclic) bond motifs is 8. The molecule has 0 spiro atoms. The zero-order valence-electron chi connectivity index (χ0n) is 67.7. The lowest BCUT2D eigenvalue weighted by molar-refractivity contribution is -0.145. The molecule has 0 saturated carbocycles. The number of nitrogens with one attached hydrogen (secondary N) is 1. The third-order valence-corrected chi connectivity index (χ3v) is 21.6. The number of nitrogens with two attached hydrogens (primary N) is 2. The number of imidazole rings is 3. The molecule has 15 heterocycles. The molecule has 0 bridgehead atoms. The van der Waals surface area contributed by atoms with Crippen LogP contribution in [0.2, 0.25) is 0 Å². The lowest BCUT2D eigenvalue weighted by atomic mass is 10.1. The average Bonchev–Trinajstić information content (AvgIpc) is 1.67. The second kappa shape index (κ2) is 41.7. The SMILES string of the molecule is Brc1cc2c(cn1)OCO2.CCOC(=O)CC(=O)CC.CCOC(=O)c1c(CC)nc2cc3c(cn12)OCO3.CCc1nc2cc3c(cn2c1C(=O)NCc1ccc(N2CCN(S(=O)(=O)C(F)(F)F)C=N2)c(F)c1)OCO3.CCc1nc2cc3c(cn2c1C(=O)O)OCO3.Cl.NCc1ccc(N2CCN(S(=O)(=O)C(F)(F)F)C=N2)c(F)c1.Nc1cc2c(cn1)OCO2. The fourth-order valence-electron chi connectivity index (χ4n) is 12.0. The molecule has 2 aromatic carbocycles. The van der Waals surface area contributed by atoms with Crippen molar-refractivity contribution in [1.29, 1.82) is 0 Å². The quantitative estimate of drug-likeness (QED) is 0.0268. The van der Waals surface area contributed by atoms with Gasteiger partial charge >= 0.3 is 49.0 Å². The van der Waals surface area contributed by atoms with E-state index < -0.39 is 73.6 Å². The number of sulfonamides is 2. The highest BCUT2D eigenvalue weighted by molar-refractivity contribution is 9.10. The summed E-state index contributed by atoms with van der Waals surface area (Å²) in [6.45, 7) is 11.1. The standard InChI is InChI=1S/C22H20F4N6O5S.C13H14N2O4.C11H12F4N4O2S.C11H10N2O4.C7H12O3.C6H4BrNO2.C6H6N2O2.ClH/c1-2-15-20(31-10-18-17(36-12-37-18)8-19(31)29-15)21(33)27-9-13-3-4-16(14(23)7-13)32-6-5-30(11-28-32)38(34,35)22(24,25)26;1-3-8-12(13(16)17-4-2)15-6-10-9(18-7-19-10)5-11(15)14-8;12-9-5-8(6-16)1-2-10(9)19-4-3-18(7-17-19)22(20,21)11(13,14)15;1-2-6-10(11(14)15)13-4-8-7(16-5-17-8)3-9(13)12-6;1-3-6(8)5-7(9)10-4-2;2*7-6-1-4-5(2-8-6)10-3-9-4;/h3-4,7-8,10-11H,2,5-6,9,12H2,1H3,(H,27,33);5-6H,3-4,7H2,1-2H3;1-2,5,7H,3-4,6,16H2;3-4H,2,5H2,1H3,(H,14,15);3-5H2,1-2H3;1-2H,3H2;1-2H,3H2,(H2,7,8);1H. The number of alkyl halides is 6. The molecule has 0 saturated heterocycles. The number of ether oxygens (including phenoxy) is 12. The minimum Gasteiger partial charge on any atom is -0.477 e. The average molecular weight is 1910 g/mol. The molecule has 8 aromatic heterocycles. The Bertz CT molecular complexity index is 5980. The van der Waals surface area contributed by atoms with Crippen LogP contribution in [-0.4, -0.2) is 195 Å². The zero-order chi connectivity index (χ0) is 91.1. The molecule has 39 nitrogen and oxygen atoms in total. The summed E-state index contributed by atoms with van der Waals surface area (Å²) in [5.74, 6) is 2.96. The molecule has 0 atom stereocenters. The molecule has 0 fully saturated rings. The number of carboxylic acid groups (broad SMARTS) is 1. The van der Waals surface area contributed by atoms with E-state index >= 15 is 0 Å². The Labute approximate surface area is 730 Å². The monoisotopic (exact) mass is 1910 g/mol. The summed E-state index contributed by atoms with van der Waals surface area (Å²) in [4.78, 5) is 78.5. The summed E-state index contributed by atoms with van der Waals surface area (Å²) < 4.78 is 217. The van der Waals surface area contributed by atoms with Crippen molar-refractivity contribution in [3.05, 3.63) is 159 Å². The number of ketones is 1. The molecule has 7 aliphatic rings. The summed E-state index contributed by atoms with van der Waals surface area (Å²) in [6.07, 6.45) is 11.2. The van der Waals surface area contributed by atoms with Crippen LogP contribution in [-0.2, 0) is 71.5 Å². The fourth-order valence-corrected chi connectivity index (χ4v) is 13.8. The van der Waals surface area contributed by atoms with Crippen LogP contribution in [0.1, 0.15) is 114 Å². The van der Waals surface area contributed by atoms with Crippen LogP contribution in [0.25, 0.3) is 16.9 Å². The number of hydrogen-bond donors (Lipinski definition) is 4. The molecule has 7 aliphatic heterocycles. The Morgan fingerprint density at radius 1 is 0.520 bits per heavy atom. The number of aromatic carboxylic acids is 1. The van der Waals surface area contributed by atoms with E-state index in [1.54, 1.807) is 97.0 Å². The van der Waals surface area contributed by atoms with Crippen molar-refractivity contribution < 1.29 is 138 Å². The number of aryl methyl sites for hydroxylation is 3. The summed E-state index contributed by atoms with van der Waals surface area (Å²) in [6, 6.07) is 16.7. The lowest BCUT2D eigenvalue weighted by Gasteiger charge is -2.29. The van der Waals surface area contributed by atoms with E-state index in [1.807, 2.05) is 20.8 Å². The number of aromatic nitrogens is 8. The molecule has 1 amide bonds. The number of carboxylic acids is 1. The van der Waals surface area contributed by atoms with Gasteiger partial charge < -0.3 is 78.7 Å². The first-order chi connectivity index (χ1) is 60.0. The van der Waals surface area contributed by atoms with Crippen molar-refractivity contribution in [3.8, 4) is 57.5 Å². The van der Waals surface area contributed by atoms with Gasteiger partial charge in [0, 0.05) is 49.8 Å². The largest absolute Gasteiger partial charge is 0.516 e. The molecule has 0 radical (unpaired) electrons. The maximum absolute atomic E-state index is 14.8. The molecule has 6 N–H and O–H groups in total. The number of pyridine rings is 5. The predicted octanol–water partition coefficient (Wildman–Crippen LogP) is 10.2. The topological polar surface area (TPSA) is 464 Å². The van der Waals surface area contributed by atoms with Gasteiger partial charge in [0.05, 0.1) is 98.8 Å². The summed E-state index contributed by atoms with van der Waals surface area (Å²) in [7, 11) is -11.1. The molecule has 0 aliphatic carbocycles. The minimum atomic E-state index is -5.57. The molecule has 0 unspecified atom stereocenters. The highest BCUT2D eigenvalue weighted by Crippen LogP contribution is 2.39. The van der Waals surface area contributed by atoms with Gasteiger partial charge in [0.15, 0.2) is 68.9 Å². The van der Waals surface area contributed by atoms with Gasteiger partial charge in [-0.25, -0.2) is 51.9 Å². The third-order valence-electron chi connectivity index (χ3n) is 18.2. The van der Waals surface area contributed by atoms with E-state index in [9.17, 15) is 81.0 Å². The number of esters is 2. The van der Waals surface area contributed by atoms with Gasteiger partial charge in [-0.2, -0.15) is 53.4 Å². The van der Waals surface area contributed by atoms with Crippen LogP contribution in [0, 0.1) is 11.6 Å². The second-order valence-electron chi connectivity index (χ2n) is 26.2. The van der Waals surface area contributed by atoms with Gasteiger partial charge in [-0.1, -0.05) is 39.8 Å². The fraction of sp³-hybridized carbons (Fsp3) is 0.342. The Hall–Kier alpha value is -13.2. The first-order valence-corrected chi connectivity index (χ1v) is 41.5. The van der Waals surface area contributed by atoms with Crippen molar-refractivity contribution in [1.82, 2.24) is 52.0 Å². The van der Waals surface area contributed by atoms with E-state index in [1.165, 1.54) is 28.7 Å². The van der Waals surface area contributed by atoms with E-state index in [0.717, 1.165) is 26.4 Å². The summed E-state index contributed by atoms with van der Waals surface area (Å²) in [5, 5.41) is 21.3. The first kappa shape index (κ1) is 96.0. The van der Waals surface area contributed by atoms with Gasteiger partial charge in [0.2, 0.25) is 34.0 Å². The number of hydrogen-bond acceptors (Lipinski definition) is 32. The molecule has 17 rings (SSSR count). The first-order valence-electron chi connectivity index (χ1n) is 37.8. The second-order valence-corrected chi connectivity index (χ2v) is 30.8. The van der Waals surface area contributed by atoms with Crippen molar-refractivity contribution in [3.63, 3.8) is 0 Å². The van der Waals surface area contributed by atoms with E-state index in [4.69, 9.17) is 63.6 Å². The molecule has 51 heteroatoms. The molecule has 127 heavy (non-hydrogen) atoms. The maximum atomic E-state index is 14.8. The number of benzene rings is 2. The number of anilines is 3. The number of carbonyl (C=O) groups excluding carboxylic acids is 4. The van der Waals surface area contributed by atoms with Crippen LogP contribution in [0.5, 0.6) is 57.5 Å². The summed E-state index contributed by atoms with van der Waals surface area (Å²) >= 11 is 3.22. The number of halogens is 10. The Balaban J connectivity index is 0.000000164. The third kappa shape index (κ3) is 22.5. The van der Waals surface area contributed by atoms with Gasteiger partial charge in [0.1, 0.15) is 69.6 Å².